The van der Waals surface area contributed by atoms with Gasteiger partial charge in [-0.15, -0.1) is 0 Å². The smallest absolute Gasteiger partial charge is 0.336 e. The summed E-state index contributed by atoms with van der Waals surface area (Å²) in [6.45, 7) is 4.75. The van der Waals surface area contributed by atoms with E-state index in [1.807, 2.05) is 0 Å². The Morgan fingerprint density at radius 3 is 2.42 bits per heavy atom. The molecule has 0 amide bonds. The first-order valence-corrected chi connectivity index (χ1v) is 5.89. The number of benzene rings is 1. The first kappa shape index (κ1) is 14.9. The van der Waals surface area contributed by atoms with Gasteiger partial charge in [0.25, 0.3) is 0 Å². The molecule has 1 N–H and O–H groups in total. The van der Waals surface area contributed by atoms with Gasteiger partial charge < -0.3 is 9.84 Å². The Balaban J connectivity index is 3.34. The van der Waals surface area contributed by atoms with Gasteiger partial charge in [-0.2, -0.15) is 0 Å². The molecular weight excluding hydrogens is 248 g/mol. The average molecular weight is 264 g/mol. The first-order valence-electron chi connectivity index (χ1n) is 5.89. The molecule has 0 fully saturated rings. The summed E-state index contributed by atoms with van der Waals surface area (Å²) < 4.78 is 4.83. The monoisotopic (exact) mass is 264 g/mol. The second-order valence-corrected chi connectivity index (χ2v) is 4.19. The highest BCUT2D eigenvalue weighted by atomic mass is 16.5. The van der Waals surface area contributed by atoms with Crippen LogP contribution in [-0.2, 0) is 14.3 Å². The van der Waals surface area contributed by atoms with E-state index in [9.17, 15) is 14.4 Å². The SMILES string of the molecule is CCOC(=O)C(C(C)=O)c1ccc(C)cc1C(=O)O. The molecule has 0 saturated heterocycles. The van der Waals surface area contributed by atoms with Gasteiger partial charge in [0.05, 0.1) is 12.2 Å². The minimum atomic E-state index is -1.19. The van der Waals surface area contributed by atoms with Gasteiger partial charge in [-0.25, -0.2) is 4.79 Å². The Bertz CT molecular complexity index is 519. The predicted octanol–water partition coefficient (Wildman–Crippen LogP) is 1.93. The second kappa shape index (κ2) is 6.13. The number of carboxylic acids is 1. The van der Waals surface area contributed by atoms with Crippen LogP contribution in [-0.4, -0.2) is 29.4 Å². The highest BCUT2D eigenvalue weighted by Gasteiger charge is 2.30. The van der Waals surface area contributed by atoms with Crippen LogP contribution in [0.25, 0.3) is 0 Å². The van der Waals surface area contributed by atoms with Crippen molar-refractivity contribution >= 4 is 17.7 Å². The summed E-state index contributed by atoms with van der Waals surface area (Å²) in [7, 11) is 0. The van der Waals surface area contributed by atoms with Crippen molar-refractivity contribution in [3.05, 3.63) is 34.9 Å². The molecule has 0 aromatic heterocycles. The number of hydrogen-bond donors (Lipinski definition) is 1. The maximum Gasteiger partial charge on any atom is 0.336 e. The number of ether oxygens (including phenoxy) is 1. The maximum absolute atomic E-state index is 11.8. The van der Waals surface area contributed by atoms with E-state index in [-0.39, 0.29) is 17.7 Å². The molecule has 5 nitrogen and oxygen atoms in total. The number of ketones is 1. The zero-order chi connectivity index (χ0) is 14.6. The lowest BCUT2D eigenvalue weighted by Gasteiger charge is -2.15. The molecule has 19 heavy (non-hydrogen) atoms. The molecule has 5 heteroatoms. The molecule has 102 valence electrons. The zero-order valence-corrected chi connectivity index (χ0v) is 11.1. The fourth-order valence-corrected chi connectivity index (χ4v) is 1.84. The largest absolute Gasteiger partial charge is 0.478 e. The van der Waals surface area contributed by atoms with Gasteiger partial charge in [-0.1, -0.05) is 17.7 Å². The molecule has 0 bridgehead atoms. The molecule has 1 unspecified atom stereocenters. The highest BCUT2D eigenvalue weighted by Crippen LogP contribution is 2.24. The number of carbonyl (C=O) groups excluding carboxylic acids is 2. The third kappa shape index (κ3) is 3.40. The molecule has 0 saturated carbocycles. The van der Waals surface area contributed by atoms with Crippen molar-refractivity contribution in [2.75, 3.05) is 6.61 Å². The van der Waals surface area contributed by atoms with Crippen molar-refractivity contribution in [3.63, 3.8) is 0 Å². The van der Waals surface area contributed by atoms with E-state index in [1.165, 1.54) is 19.1 Å². The molecule has 1 aromatic rings. The van der Waals surface area contributed by atoms with Crippen molar-refractivity contribution in [2.24, 2.45) is 0 Å². The summed E-state index contributed by atoms with van der Waals surface area (Å²) in [5, 5.41) is 9.17. The lowest BCUT2D eigenvalue weighted by Crippen LogP contribution is -2.24. The van der Waals surface area contributed by atoms with Crippen molar-refractivity contribution in [2.45, 2.75) is 26.7 Å². The van der Waals surface area contributed by atoms with Crippen LogP contribution in [0.1, 0.15) is 41.3 Å². The first-order chi connectivity index (χ1) is 8.88. The van der Waals surface area contributed by atoms with Crippen LogP contribution in [0.5, 0.6) is 0 Å². The van der Waals surface area contributed by atoms with E-state index in [1.54, 1.807) is 19.9 Å². The van der Waals surface area contributed by atoms with Crippen LogP contribution in [0.15, 0.2) is 18.2 Å². The van der Waals surface area contributed by atoms with Crippen LogP contribution >= 0.6 is 0 Å². The number of rotatable bonds is 5. The molecule has 0 aliphatic rings. The molecule has 0 spiro atoms. The van der Waals surface area contributed by atoms with E-state index < -0.39 is 23.6 Å². The summed E-state index contributed by atoms with van der Waals surface area (Å²) in [6.07, 6.45) is 0. The normalized spacial score (nSPS) is 11.7. The fraction of sp³-hybridized carbons (Fsp3) is 0.357. The molecule has 1 aromatic carbocycles. The number of carbonyl (C=O) groups is 3. The van der Waals surface area contributed by atoms with E-state index >= 15 is 0 Å². The predicted molar refractivity (Wildman–Crippen MR) is 68.2 cm³/mol. The lowest BCUT2D eigenvalue weighted by atomic mass is 9.90. The number of aromatic carboxylic acids is 1. The van der Waals surface area contributed by atoms with E-state index in [2.05, 4.69) is 0 Å². The van der Waals surface area contributed by atoms with Gasteiger partial charge in [0.1, 0.15) is 11.7 Å². The Morgan fingerprint density at radius 2 is 1.95 bits per heavy atom. The quantitative estimate of drug-likeness (QED) is 0.649. The van der Waals surface area contributed by atoms with Crippen molar-refractivity contribution in [1.29, 1.82) is 0 Å². The van der Waals surface area contributed by atoms with Gasteiger partial charge >= 0.3 is 11.9 Å². The summed E-state index contributed by atoms with van der Waals surface area (Å²) >= 11 is 0. The zero-order valence-electron chi connectivity index (χ0n) is 11.1. The van der Waals surface area contributed by atoms with Crippen LogP contribution in [0, 0.1) is 6.92 Å². The van der Waals surface area contributed by atoms with E-state index in [4.69, 9.17) is 9.84 Å². The Hall–Kier alpha value is -2.17. The third-order valence-corrected chi connectivity index (χ3v) is 2.68. The standard InChI is InChI=1S/C14H16O5/c1-4-19-14(18)12(9(3)15)10-6-5-8(2)7-11(10)13(16)17/h5-7,12H,4H2,1-3H3,(H,16,17). The van der Waals surface area contributed by atoms with Gasteiger partial charge in [0, 0.05) is 0 Å². The topological polar surface area (TPSA) is 80.7 Å². The van der Waals surface area contributed by atoms with Crippen LogP contribution in [0.2, 0.25) is 0 Å². The molecule has 1 rings (SSSR count). The minimum Gasteiger partial charge on any atom is -0.478 e. The van der Waals surface area contributed by atoms with Gasteiger partial charge in [-0.3, -0.25) is 9.59 Å². The number of carboxylic acid groups (broad SMARTS) is 1. The summed E-state index contributed by atoms with van der Waals surface area (Å²) in [4.78, 5) is 34.7. The third-order valence-electron chi connectivity index (χ3n) is 2.68. The van der Waals surface area contributed by atoms with Crippen molar-refractivity contribution in [1.82, 2.24) is 0 Å². The molecule has 0 aliphatic carbocycles. The summed E-state index contributed by atoms with van der Waals surface area (Å²) in [5.41, 5.74) is 0.865. The van der Waals surface area contributed by atoms with Crippen LogP contribution < -0.4 is 0 Å². The molecular formula is C14H16O5. The van der Waals surface area contributed by atoms with E-state index in [0.717, 1.165) is 5.56 Å². The number of Topliss-reactive ketones (excluding diaryl/α,β-unsaturated/α-hetero) is 1. The minimum absolute atomic E-state index is 0.0479. The van der Waals surface area contributed by atoms with E-state index in [0.29, 0.717) is 0 Å². The number of hydrogen-bond acceptors (Lipinski definition) is 4. The molecule has 0 aliphatic heterocycles. The van der Waals surface area contributed by atoms with Crippen molar-refractivity contribution < 1.29 is 24.2 Å². The fourth-order valence-electron chi connectivity index (χ4n) is 1.84. The van der Waals surface area contributed by atoms with Crippen LogP contribution in [0.3, 0.4) is 0 Å². The molecule has 0 heterocycles. The Morgan fingerprint density at radius 1 is 1.32 bits per heavy atom. The number of esters is 1. The second-order valence-electron chi connectivity index (χ2n) is 4.19. The molecule has 1 atom stereocenters. The lowest BCUT2D eigenvalue weighted by molar-refractivity contribution is -0.147. The maximum atomic E-state index is 11.8. The Labute approximate surface area is 111 Å². The Kier molecular flexibility index (Phi) is 4.80. The number of aryl methyl sites for hydroxylation is 1. The van der Waals surface area contributed by atoms with Gasteiger partial charge in [-0.05, 0) is 32.4 Å². The highest BCUT2D eigenvalue weighted by molar-refractivity contribution is 6.06. The van der Waals surface area contributed by atoms with Gasteiger partial charge in [0.2, 0.25) is 0 Å². The summed E-state index contributed by atoms with van der Waals surface area (Å²) in [5.74, 6) is -3.52. The van der Waals surface area contributed by atoms with Crippen LogP contribution in [0.4, 0.5) is 0 Å². The van der Waals surface area contributed by atoms with Crippen molar-refractivity contribution in [3.8, 4) is 0 Å². The van der Waals surface area contributed by atoms with Gasteiger partial charge in [0.15, 0.2) is 0 Å². The average Bonchev–Trinajstić information content (AvgIpc) is 2.31. The summed E-state index contributed by atoms with van der Waals surface area (Å²) in [6, 6.07) is 4.59. The molecule has 0 radical (unpaired) electrons.